The number of carbonyl (C=O) groups is 1. The first-order valence-corrected chi connectivity index (χ1v) is 13.6. The second kappa shape index (κ2) is 23.8. The van der Waals surface area contributed by atoms with Gasteiger partial charge in [-0.15, -0.1) is 0 Å². The molecule has 0 aliphatic rings. The van der Waals surface area contributed by atoms with Crippen molar-refractivity contribution in [1.29, 1.82) is 0 Å². The third kappa shape index (κ3) is 25.3. The largest absolute Gasteiger partial charge is 0.481 e. The number of hydrogen-bond acceptors (Lipinski definition) is 2. The predicted octanol–water partition coefficient (Wildman–Crippen LogP) is 8.63. The smallest absolute Gasteiger partial charge is 0.303 e. The summed E-state index contributed by atoms with van der Waals surface area (Å²) in [5.41, 5.74) is 0. The highest BCUT2D eigenvalue weighted by molar-refractivity contribution is 5.66. The Morgan fingerprint density at radius 2 is 1.16 bits per heavy atom. The summed E-state index contributed by atoms with van der Waals surface area (Å²) in [4.78, 5) is 12.8. The highest BCUT2D eigenvalue weighted by atomic mass is 16.4. The molecule has 0 saturated heterocycles. The maximum absolute atomic E-state index is 10.4. The van der Waals surface area contributed by atoms with E-state index in [0.717, 1.165) is 31.6 Å². The lowest BCUT2D eigenvalue weighted by Crippen LogP contribution is -2.21. The van der Waals surface area contributed by atoms with Gasteiger partial charge in [0.25, 0.3) is 0 Å². The molecule has 0 fully saturated rings. The third-order valence-electron chi connectivity index (χ3n) is 6.25. The van der Waals surface area contributed by atoms with E-state index in [1.165, 1.54) is 103 Å². The van der Waals surface area contributed by atoms with Crippen LogP contribution in [0.15, 0.2) is 12.2 Å². The molecule has 184 valence electrons. The highest BCUT2D eigenvalue weighted by Crippen LogP contribution is 2.20. The van der Waals surface area contributed by atoms with Crippen molar-refractivity contribution in [3.63, 3.8) is 0 Å². The Labute approximate surface area is 195 Å². The van der Waals surface area contributed by atoms with Crippen LogP contribution in [0.1, 0.15) is 135 Å². The van der Waals surface area contributed by atoms with E-state index in [2.05, 4.69) is 38.1 Å². The molecule has 0 saturated carbocycles. The summed E-state index contributed by atoms with van der Waals surface area (Å²) in [7, 11) is 4.45. The van der Waals surface area contributed by atoms with Crippen LogP contribution in [0, 0.1) is 5.92 Å². The zero-order valence-electron chi connectivity index (χ0n) is 21.4. The van der Waals surface area contributed by atoms with E-state index in [9.17, 15) is 4.79 Å². The van der Waals surface area contributed by atoms with Gasteiger partial charge < -0.3 is 10.0 Å². The van der Waals surface area contributed by atoms with Crippen molar-refractivity contribution < 1.29 is 9.90 Å². The zero-order chi connectivity index (χ0) is 23.0. The molecule has 0 amide bonds. The molecule has 1 unspecified atom stereocenters. The Morgan fingerprint density at radius 1 is 0.710 bits per heavy atom. The summed E-state index contributed by atoms with van der Waals surface area (Å²) < 4.78 is 0. The number of carboxylic acid groups (broad SMARTS) is 1. The van der Waals surface area contributed by atoms with Gasteiger partial charge in [-0.25, -0.2) is 0 Å². The van der Waals surface area contributed by atoms with Crippen LogP contribution in [-0.4, -0.2) is 36.6 Å². The van der Waals surface area contributed by atoms with E-state index >= 15 is 0 Å². The molecule has 0 aromatic heterocycles. The van der Waals surface area contributed by atoms with Gasteiger partial charge in [0.15, 0.2) is 0 Å². The van der Waals surface area contributed by atoms with Crippen molar-refractivity contribution in [3.8, 4) is 0 Å². The topological polar surface area (TPSA) is 40.5 Å². The lowest BCUT2D eigenvalue weighted by atomic mass is 9.93. The molecular formula is C28H55NO2. The molecule has 0 aromatic rings. The van der Waals surface area contributed by atoms with Gasteiger partial charge in [0.2, 0.25) is 0 Å². The van der Waals surface area contributed by atoms with E-state index in [1.54, 1.807) is 0 Å². The normalized spacial score (nSPS) is 12.8. The molecule has 0 aliphatic carbocycles. The molecule has 0 rings (SSSR count). The van der Waals surface area contributed by atoms with Crippen LogP contribution in [0.25, 0.3) is 0 Å². The number of allylic oxidation sites excluding steroid dienone is 2. The molecule has 1 atom stereocenters. The van der Waals surface area contributed by atoms with E-state index in [0.29, 0.717) is 6.42 Å². The maximum atomic E-state index is 10.4. The van der Waals surface area contributed by atoms with Crippen molar-refractivity contribution in [2.75, 3.05) is 20.6 Å². The van der Waals surface area contributed by atoms with Gasteiger partial charge >= 0.3 is 5.97 Å². The summed E-state index contributed by atoms with van der Waals surface area (Å²) in [5, 5.41) is 8.61. The van der Waals surface area contributed by atoms with E-state index in [-0.39, 0.29) is 0 Å². The molecule has 0 radical (unpaired) electrons. The second-order valence-corrected chi connectivity index (χ2v) is 9.85. The van der Waals surface area contributed by atoms with Gasteiger partial charge in [-0.1, -0.05) is 96.1 Å². The molecule has 0 heterocycles. The maximum Gasteiger partial charge on any atom is 0.303 e. The van der Waals surface area contributed by atoms with Gasteiger partial charge in [-0.2, -0.15) is 0 Å². The average Bonchev–Trinajstić information content (AvgIpc) is 2.72. The van der Waals surface area contributed by atoms with Gasteiger partial charge in [0.05, 0.1) is 0 Å². The number of rotatable bonds is 24. The number of unbranched alkanes of at least 4 members (excludes halogenated alkanes) is 14. The molecule has 0 spiro atoms. The summed E-state index contributed by atoms with van der Waals surface area (Å²) in [6.07, 6.45) is 29.8. The number of aliphatic carboxylic acids is 1. The highest BCUT2D eigenvalue weighted by Gasteiger charge is 2.09. The van der Waals surface area contributed by atoms with Crippen molar-refractivity contribution in [3.05, 3.63) is 12.2 Å². The van der Waals surface area contributed by atoms with Crippen molar-refractivity contribution in [2.24, 2.45) is 5.92 Å². The fourth-order valence-corrected chi connectivity index (χ4v) is 4.41. The van der Waals surface area contributed by atoms with E-state index < -0.39 is 5.97 Å². The van der Waals surface area contributed by atoms with Gasteiger partial charge in [-0.05, 0) is 65.0 Å². The first-order chi connectivity index (χ1) is 15.1. The van der Waals surface area contributed by atoms with E-state index in [1.807, 2.05) is 0 Å². The van der Waals surface area contributed by atoms with Crippen LogP contribution in [-0.2, 0) is 4.79 Å². The Balaban J connectivity index is 3.53. The molecule has 0 bridgehead atoms. The summed E-state index contributed by atoms with van der Waals surface area (Å²) >= 11 is 0. The summed E-state index contributed by atoms with van der Waals surface area (Å²) in [6.45, 7) is 3.56. The quantitative estimate of drug-likeness (QED) is 0.121. The molecule has 0 aliphatic heterocycles. The predicted molar refractivity (Wildman–Crippen MR) is 137 cm³/mol. The Hall–Kier alpha value is -0.830. The minimum absolute atomic E-state index is 0.319. The lowest BCUT2D eigenvalue weighted by Gasteiger charge is -2.21. The fraction of sp³-hybridized carbons (Fsp3) is 0.893. The van der Waals surface area contributed by atoms with Crippen LogP contribution in [0.2, 0.25) is 0 Å². The fourth-order valence-electron chi connectivity index (χ4n) is 4.41. The first-order valence-electron chi connectivity index (χ1n) is 13.6. The molecule has 3 nitrogen and oxygen atoms in total. The Kier molecular flexibility index (Phi) is 23.2. The average molecular weight is 438 g/mol. The minimum atomic E-state index is -0.669. The minimum Gasteiger partial charge on any atom is -0.481 e. The number of carboxylic acids is 1. The van der Waals surface area contributed by atoms with Crippen LogP contribution in [0.4, 0.5) is 0 Å². The van der Waals surface area contributed by atoms with Crippen molar-refractivity contribution in [1.82, 2.24) is 4.90 Å². The van der Waals surface area contributed by atoms with Crippen LogP contribution < -0.4 is 0 Å². The molecule has 3 heteroatoms. The third-order valence-corrected chi connectivity index (χ3v) is 6.25. The van der Waals surface area contributed by atoms with Crippen LogP contribution in [0.5, 0.6) is 0 Å². The summed E-state index contributed by atoms with van der Waals surface area (Å²) in [5.74, 6) is 0.229. The summed E-state index contributed by atoms with van der Waals surface area (Å²) in [6, 6.07) is 0. The first kappa shape index (κ1) is 30.2. The molecule has 0 aromatic carbocycles. The van der Waals surface area contributed by atoms with Crippen molar-refractivity contribution in [2.45, 2.75) is 135 Å². The Morgan fingerprint density at radius 3 is 1.65 bits per heavy atom. The van der Waals surface area contributed by atoms with Gasteiger partial charge in [0, 0.05) is 13.0 Å². The second-order valence-electron chi connectivity index (χ2n) is 9.85. The zero-order valence-corrected chi connectivity index (χ0v) is 21.4. The van der Waals surface area contributed by atoms with Crippen molar-refractivity contribution >= 4 is 5.97 Å². The lowest BCUT2D eigenvalue weighted by molar-refractivity contribution is -0.137. The monoisotopic (exact) mass is 437 g/mol. The standard InChI is InChI=1S/C28H55NO2/c1-4-5-6-7-17-20-23-27(26-29(2)3)24-21-18-15-13-11-9-8-10-12-14-16-19-22-25-28(30)31/h10,12,27H,4-9,11,13-26H2,1-3H3,(H,30,31)/b12-10-. The number of hydrogen-bond donors (Lipinski definition) is 1. The van der Waals surface area contributed by atoms with Gasteiger partial charge in [0.1, 0.15) is 0 Å². The van der Waals surface area contributed by atoms with Crippen LogP contribution >= 0.6 is 0 Å². The molecular weight excluding hydrogens is 382 g/mol. The van der Waals surface area contributed by atoms with Crippen LogP contribution in [0.3, 0.4) is 0 Å². The molecule has 1 N–H and O–H groups in total. The van der Waals surface area contributed by atoms with E-state index in [4.69, 9.17) is 5.11 Å². The van der Waals surface area contributed by atoms with Gasteiger partial charge in [-0.3, -0.25) is 4.79 Å². The molecule has 31 heavy (non-hydrogen) atoms. The SMILES string of the molecule is CCCCCCCCC(CCCCCCCC/C=C\CCCCCC(=O)O)CN(C)C. The Bertz CT molecular complexity index is 406. The number of nitrogens with zero attached hydrogens (tertiary/aromatic N) is 1.